The SMILES string of the molecule is COC(=O)CSCCCOc1ccccc1C#N. The molecule has 4 nitrogen and oxygen atoms in total. The van der Waals surface area contributed by atoms with Gasteiger partial charge in [0.1, 0.15) is 11.8 Å². The molecule has 0 unspecified atom stereocenters. The third-order valence-electron chi connectivity index (χ3n) is 2.15. The quantitative estimate of drug-likeness (QED) is 0.559. The van der Waals surface area contributed by atoms with Crippen molar-refractivity contribution in [2.75, 3.05) is 25.2 Å². The summed E-state index contributed by atoms with van der Waals surface area (Å²) < 4.78 is 10.0. The molecule has 5 heteroatoms. The van der Waals surface area contributed by atoms with Crippen molar-refractivity contribution in [1.82, 2.24) is 0 Å². The average Bonchev–Trinajstić information content (AvgIpc) is 2.42. The second-order valence-electron chi connectivity index (χ2n) is 3.44. The van der Waals surface area contributed by atoms with Crippen LogP contribution in [0.5, 0.6) is 5.75 Å². The Kier molecular flexibility index (Phi) is 6.74. The normalized spacial score (nSPS) is 9.56. The molecule has 0 spiro atoms. The number of thioether (sulfide) groups is 1. The number of nitrogens with zero attached hydrogens (tertiary/aromatic N) is 1. The van der Waals surface area contributed by atoms with Gasteiger partial charge in [0.15, 0.2) is 0 Å². The molecule has 0 aliphatic heterocycles. The summed E-state index contributed by atoms with van der Waals surface area (Å²) in [6, 6.07) is 9.22. The minimum atomic E-state index is -0.212. The van der Waals surface area contributed by atoms with Gasteiger partial charge in [-0.3, -0.25) is 4.79 Å². The Bertz CT molecular complexity index is 428. The van der Waals surface area contributed by atoms with Crippen LogP contribution in [0.25, 0.3) is 0 Å². The number of hydrogen-bond donors (Lipinski definition) is 0. The predicted octanol–water partition coefficient (Wildman–Crippen LogP) is 2.23. The Labute approximate surface area is 111 Å². The summed E-state index contributed by atoms with van der Waals surface area (Å²) in [5, 5.41) is 8.86. The number of benzene rings is 1. The Morgan fingerprint density at radius 2 is 2.22 bits per heavy atom. The van der Waals surface area contributed by atoms with Gasteiger partial charge in [-0.2, -0.15) is 17.0 Å². The number of hydrogen-bond acceptors (Lipinski definition) is 5. The summed E-state index contributed by atoms with van der Waals surface area (Å²) in [4.78, 5) is 10.8. The molecule has 0 fully saturated rings. The van der Waals surface area contributed by atoms with Crippen LogP contribution < -0.4 is 4.74 Å². The van der Waals surface area contributed by atoms with Gasteiger partial charge in [-0.1, -0.05) is 12.1 Å². The zero-order chi connectivity index (χ0) is 13.2. The van der Waals surface area contributed by atoms with E-state index in [4.69, 9.17) is 10.00 Å². The molecule has 0 aliphatic rings. The van der Waals surface area contributed by atoms with Gasteiger partial charge in [-0.05, 0) is 24.3 Å². The summed E-state index contributed by atoms with van der Waals surface area (Å²) in [7, 11) is 1.38. The van der Waals surface area contributed by atoms with E-state index in [2.05, 4.69) is 10.8 Å². The third-order valence-corrected chi connectivity index (χ3v) is 3.16. The zero-order valence-electron chi connectivity index (χ0n) is 10.2. The Morgan fingerprint density at radius 3 is 2.94 bits per heavy atom. The first-order valence-corrected chi connectivity index (χ1v) is 6.70. The molecule has 96 valence electrons. The van der Waals surface area contributed by atoms with E-state index in [-0.39, 0.29) is 5.97 Å². The van der Waals surface area contributed by atoms with Crippen LogP contribution >= 0.6 is 11.8 Å². The van der Waals surface area contributed by atoms with Gasteiger partial charge in [0.2, 0.25) is 0 Å². The number of carbonyl (C=O) groups excluding carboxylic acids is 1. The van der Waals surface area contributed by atoms with E-state index in [0.717, 1.165) is 12.2 Å². The Hall–Kier alpha value is -1.67. The van der Waals surface area contributed by atoms with Crippen LogP contribution in [0, 0.1) is 11.3 Å². The van der Waals surface area contributed by atoms with Crippen LogP contribution in [-0.2, 0) is 9.53 Å². The second kappa shape index (κ2) is 8.43. The van der Waals surface area contributed by atoms with Gasteiger partial charge < -0.3 is 9.47 Å². The van der Waals surface area contributed by atoms with Crippen molar-refractivity contribution in [3.8, 4) is 11.8 Å². The fourth-order valence-corrected chi connectivity index (χ4v) is 1.99. The summed E-state index contributed by atoms with van der Waals surface area (Å²) >= 11 is 1.51. The fourth-order valence-electron chi connectivity index (χ4n) is 1.24. The van der Waals surface area contributed by atoms with E-state index in [1.165, 1.54) is 18.9 Å². The molecule has 0 heterocycles. The average molecular weight is 265 g/mol. The fraction of sp³-hybridized carbons (Fsp3) is 0.385. The standard InChI is InChI=1S/C13H15NO3S/c1-16-13(15)10-18-8-4-7-17-12-6-3-2-5-11(12)9-14/h2-3,5-6H,4,7-8,10H2,1H3. The summed E-state index contributed by atoms with van der Waals surface area (Å²) in [6.45, 7) is 0.535. The molecule has 1 aromatic rings. The topological polar surface area (TPSA) is 59.3 Å². The van der Waals surface area contributed by atoms with Crippen LogP contribution in [0.3, 0.4) is 0 Å². The monoisotopic (exact) mass is 265 g/mol. The van der Waals surface area contributed by atoms with E-state index in [9.17, 15) is 4.79 Å². The highest BCUT2D eigenvalue weighted by atomic mass is 32.2. The Balaban J connectivity index is 2.18. The molecule has 0 atom stereocenters. The summed E-state index contributed by atoms with van der Waals surface area (Å²) in [6.07, 6.45) is 0.821. The van der Waals surface area contributed by atoms with E-state index in [1.807, 2.05) is 6.07 Å². The molecule has 18 heavy (non-hydrogen) atoms. The molecule has 0 aliphatic carbocycles. The molecule has 0 saturated carbocycles. The van der Waals surface area contributed by atoms with Crippen molar-refractivity contribution in [1.29, 1.82) is 5.26 Å². The van der Waals surface area contributed by atoms with E-state index in [0.29, 0.717) is 23.7 Å². The summed E-state index contributed by atoms with van der Waals surface area (Å²) in [5.74, 6) is 1.59. The van der Waals surface area contributed by atoms with Crippen molar-refractivity contribution in [3.05, 3.63) is 29.8 Å². The molecular weight excluding hydrogens is 250 g/mol. The molecule has 1 rings (SSSR count). The van der Waals surface area contributed by atoms with Gasteiger partial charge in [-0.15, -0.1) is 0 Å². The second-order valence-corrected chi connectivity index (χ2v) is 4.54. The predicted molar refractivity (Wildman–Crippen MR) is 70.6 cm³/mol. The first-order chi connectivity index (χ1) is 8.77. The lowest BCUT2D eigenvalue weighted by Gasteiger charge is -2.07. The third kappa shape index (κ3) is 5.11. The van der Waals surface area contributed by atoms with E-state index < -0.39 is 0 Å². The van der Waals surface area contributed by atoms with E-state index >= 15 is 0 Å². The first-order valence-electron chi connectivity index (χ1n) is 5.54. The lowest BCUT2D eigenvalue weighted by Crippen LogP contribution is -2.05. The van der Waals surface area contributed by atoms with Gasteiger partial charge in [0.25, 0.3) is 0 Å². The van der Waals surface area contributed by atoms with Crippen molar-refractivity contribution in [2.24, 2.45) is 0 Å². The molecule has 0 bridgehead atoms. The minimum Gasteiger partial charge on any atom is -0.492 e. The maximum absolute atomic E-state index is 10.8. The molecule has 0 saturated heterocycles. The van der Waals surface area contributed by atoms with Crippen molar-refractivity contribution < 1.29 is 14.3 Å². The number of carbonyl (C=O) groups is 1. The maximum atomic E-state index is 10.8. The van der Waals surface area contributed by atoms with Crippen molar-refractivity contribution >= 4 is 17.7 Å². The number of rotatable bonds is 7. The molecule has 0 amide bonds. The Morgan fingerprint density at radius 1 is 1.44 bits per heavy atom. The zero-order valence-corrected chi connectivity index (χ0v) is 11.0. The number of ether oxygens (including phenoxy) is 2. The lowest BCUT2D eigenvalue weighted by molar-refractivity contribution is -0.137. The number of esters is 1. The minimum absolute atomic E-state index is 0.212. The highest BCUT2D eigenvalue weighted by Gasteiger charge is 2.02. The van der Waals surface area contributed by atoms with Gasteiger partial charge in [-0.25, -0.2) is 0 Å². The van der Waals surface area contributed by atoms with E-state index in [1.54, 1.807) is 18.2 Å². The molecule has 0 N–H and O–H groups in total. The van der Waals surface area contributed by atoms with Crippen LogP contribution in [-0.4, -0.2) is 31.2 Å². The van der Waals surface area contributed by atoms with Crippen LogP contribution in [0.1, 0.15) is 12.0 Å². The smallest absolute Gasteiger partial charge is 0.315 e. The van der Waals surface area contributed by atoms with Crippen molar-refractivity contribution in [2.45, 2.75) is 6.42 Å². The molecule has 1 aromatic carbocycles. The maximum Gasteiger partial charge on any atom is 0.315 e. The van der Waals surface area contributed by atoms with Gasteiger partial charge in [0, 0.05) is 0 Å². The van der Waals surface area contributed by atoms with Crippen molar-refractivity contribution in [3.63, 3.8) is 0 Å². The van der Waals surface area contributed by atoms with Gasteiger partial charge in [0.05, 0.1) is 25.0 Å². The molecule has 0 aromatic heterocycles. The number of methoxy groups -OCH3 is 1. The van der Waals surface area contributed by atoms with Crippen LogP contribution in [0.15, 0.2) is 24.3 Å². The number of para-hydroxylation sites is 1. The highest BCUT2D eigenvalue weighted by Crippen LogP contribution is 2.16. The molecule has 0 radical (unpaired) electrons. The van der Waals surface area contributed by atoms with Gasteiger partial charge >= 0.3 is 5.97 Å². The largest absolute Gasteiger partial charge is 0.492 e. The van der Waals surface area contributed by atoms with Crippen LogP contribution in [0.2, 0.25) is 0 Å². The number of nitriles is 1. The summed E-state index contributed by atoms with van der Waals surface area (Å²) in [5.41, 5.74) is 0.541. The molecular formula is C13H15NO3S. The van der Waals surface area contributed by atoms with Crippen LogP contribution in [0.4, 0.5) is 0 Å². The highest BCUT2D eigenvalue weighted by molar-refractivity contribution is 7.99. The first kappa shape index (κ1) is 14.4. The lowest BCUT2D eigenvalue weighted by atomic mass is 10.2.